The van der Waals surface area contributed by atoms with Gasteiger partial charge in [-0.25, -0.2) is 0 Å². The molecule has 0 bridgehead atoms. The van der Waals surface area contributed by atoms with E-state index in [1.54, 1.807) is 0 Å². The standard InChI is InChI=1S/C15H15F3O2/c16-15(17,18)12-7-5-10(6-8-12)13(9-19)14(20)11-3-1-2-4-11/h5-9,11,13H,1-4H2. The van der Waals surface area contributed by atoms with Crippen molar-refractivity contribution in [2.75, 3.05) is 0 Å². The van der Waals surface area contributed by atoms with Crippen molar-refractivity contribution in [3.8, 4) is 0 Å². The number of aldehydes is 1. The maximum atomic E-state index is 12.5. The van der Waals surface area contributed by atoms with Gasteiger partial charge in [-0.1, -0.05) is 25.0 Å². The Morgan fingerprint density at radius 3 is 2.15 bits per heavy atom. The molecule has 1 aromatic rings. The maximum Gasteiger partial charge on any atom is 0.416 e. The van der Waals surface area contributed by atoms with Crippen LogP contribution in [0, 0.1) is 5.92 Å². The first-order chi connectivity index (χ1) is 9.43. The first-order valence-corrected chi connectivity index (χ1v) is 6.59. The van der Waals surface area contributed by atoms with E-state index in [0.717, 1.165) is 37.8 Å². The summed E-state index contributed by atoms with van der Waals surface area (Å²) >= 11 is 0. The molecule has 0 aromatic heterocycles. The van der Waals surface area contributed by atoms with Gasteiger partial charge >= 0.3 is 6.18 Å². The van der Waals surface area contributed by atoms with E-state index in [1.165, 1.54) is 12.1 Å². The molecule has 108 valence electrons. The number of carbonyl (C=O) groups is 2. The van der Waals surface area contributed by atoms with Crippen LogP contribution in [0.1, 0.15) is 42.7 Å². The van der Waals surface area contributed by atoms with Crippen molar-refractivity contribution in [2.45, 2.75) is 37.8 Å². The van der Waals surface area contributed by atoms with Crippen molar-refractivity contribution in [1.82, 2.24) is 0 Å². The molecule has 0 radical (unpaired) electrons. The van der Waals surface area contributed by atoms with Crippen molar-refractivity contribution in [3.05, 3.63) is 35.4 Å². The van der Waals surface area contributed by atoms with Crippen molar-refractivity contribution >= 4 is 12.1 Å². The minimum atomic E-state index is -4.41. The van der Waals surface area contributed by atoms with Crippen LogP contribution in [0.4, 0.5) is 13.2 Å². The minimum absolute atomic E-state index is 0.132. The van der Waals surface area contributed by atoms with Gasteiger partial charge in [0, 0.05) is 5.92 Å². The lowest BCUT2D eigenvalue weighted by atomic mass is 9.87. The second kappa shape index (κ2) is 5.77. The van der Waals surface area contributed by atoms with Crippen LogP contribution in [0.5, 0.6) is 0 Å². The van der Waals surface area contributed by atoms with Crippen molar-refractivity contribution < 1.29 is 22.8 Å². The molecule has 20 heavy (non-hydrogen) atoms. The molecule has 0 aliphatic heterocycles. The van der Waals surface area contributed by atoms with Gasteiger partial charge in [-0.3, -0.25) is 4.79 Å². The highest BCUT2D eigenvalue weighted by Crippen LogP contribution is 2.33. The molecule has 1 atom stereocenters. The smallest absolute Gasteiger partial charge is 0.302 e. The average molecular weight is 284 g/mol. The molecule has 0 saturated heterocycles. The van der Waals surface area contributed by atoms with Gasteiger partial charge in [0.2, 0.25) is 0 Å². The molecule has 1 unspecified atom stereocenters. The fourth-order valence-electron chi connectivity index (χ4n) is 2.65. The van der Waals surface area contributed by atoms with Crippen LogP contribution in [0.15, 0.2) is 24.3 Å². The van der Waals surface area contributed by atoms with Gasteiger partial charge in [0.05, 0.1) is 11.5 Å². The number of benzene rings is 1. The summed E-state index contributed by atoms with van der Waals surface area (Å²) in [4.78, 5) is 23.3. The summed E-state index contributed by atoms with van der Waals surface area (Å²) in [5.41, 5.74) is -0.441. The summed E-state index contributed by atoms with van der Waals surface area (Å²) in [5, 5.41) is 0. The molecule has 0 amide bonds. The summed E-state index contributed by atoms with van der Waals surface area (Å²) in [6.45, 7) is 0. The van der Waals surface area contributed by atoms with E-state index in [4.69, 9.17) is 0 Å². The van der Waals surface area contributed by atoms with E-state index in [1.807, 2.05) is 0 Å². The van der Waals surface area contributed by atoms with Crippen LogP contribution < -0.4 is 0 Å². The van der Waals surface area contributed by atoms with E-state index in [2.05, 4.69) is 0 Å². The van der Waals surface area contributed by atoms with Gasteiger partial charge in [0.15, 0.2) is 5.78 Å². The van der Waals surface area contributed by atoms with Crippen LogP contribution in [0.3, 0.4) is 0 Å². The molecule has 1 aliphatic carbocycles. The molecule has 5 heteroatoms. The topological polar surface area (TPSA) is 34.1 Å². The van der Waals surface area contributed by atoms with Gasteiger partial charge in [-0.2, -0.15) is 13.2 Å². The Morgan fingerprint density at radius 2 is 1.70 bits per heavy atom. The zero-order valence-electron chi connectivity index (χ0n) is 10.8. The lowest BCUT2D eigenvalue weighted by Crippen LogP contribution is -2.21. The van der Waals surface area contributed by atoms with Gasteiger partial charge < -0.3 is 4.79 Å². The Bertz CT molecular complexity index is 485. The number of carbonyl (C=O) groups excluding carboxylic acids is 2. The number of Topliss-reactive ketones (excluding diaryl/α,β-unsaturated/α-hetero) is 1. The first-order valence-electron chi connectivity index (χ1n) is 6.59. The number of ketones is 1. The van der Waals surface area contributed by atoms with Crippen molar-refractivity contribution in [1.29, 1.82) is 0 Å². The van der Waals surface area contributed by atoms with E-state index in [0.29, 0.717) is 11.8 Å². The van der Waals surface area contributed by atoms with Crippen LogP contribution in [0.25, 0.3) is 0 Å². The van der Waals surface area contributed by atoms with Crippen LogP contribution in [-0.2, 0) is 15.8 Å². The van der Waals surface area contributed by atoms with E-state index in [9.17, 15) is 22.8 Å². The third kappa shape index (κ3) is 3.08. The van der Waals surface area contributed by atoms with E-state index in [-0.39, 0.29) is 11.7 Å². The maximum absolute atomic E-state index is 12.5. The largest absolute Gasteiger partial charge is 0.416 e. The number of hydrogen-bond acceptors (Lipinski definition) is 2. The molecular weight excluding hydrogens is 269 g/mol. The van der Waals surface area contributed by atoms with Gasteiger partial charge in [0.25, 0.3) is 0 Å². The van der Waals surface area contributed by atoms with Crippen molar-refractivity contribution in [3.63, 3.8) is 0 Å². The fraction of sp³-hybridized carbons (Fsp3) is 0.467. The van der Waals surface area contributed by atoms with E-state index >= 15 is 0 Å². The summed E-state index contributed by atoms with van der Waals surface area (Å²) in [6.07, 6.45) is -0.411. The molecule has 1 aromatic carbocycles. The molecule has 2 rings (SSSR count). The Labute approximate surface area is 115 Å². The minimum Gasteiger partial charge on any atom is -0.302 e. The number of rotatable bonds is 4. The van der Waals surface area contributed by atoms with Crippen LogP contribution in [-0.4, -0.2) is 12.1 Å². The highest BCUT2D eigenvalue weighted by molar-refractivity contribution is 6.00. The van der Waals surface area contributed by atoms with Crippen LogP contribution in [0.2, 0.25) is 0 Å². The molecule has 2 nitrogen and oxygen atoms in total. The summed E-state index contributed by atoms with van der Waals surface area (Å²) < 4.78 is 37.4. The Balaban J connectivity index is 2.19. The highest BCUT2D eigenvalue weighted by Gasteiger charge is 2.32. The van der Waals surface area contributed by atoms with Crippen LogP contribution >= 0.6 is 0 Å². The fourth-order valence-corrected chi connectivity index (χ4v) is 2.65. The second-order valence-corrected chi connectivity index (χ2v) is 5.12. The Kier molecular flexibility index (Phi) is 4.26. The lowest BCUT2D eigenvalue weighted by Gasteiger charge is -2.15. The molecule has 1 saturated carbocycles. The molecule has 1 fully saturated rings. The van der Waals surface area contributed by atoms with Gasteiger partial charge in [-0.15, -0.1) is 0 Å². The van der Waals surface area contributed by atoms with E-state index < -0.39 is 17.7 Å². The predicted molar refractivity (Wildman–Crippen MR) is 67.2 cm³/mol. The molecular formula is C15H15F3O2. The molecule has 0 spiro atoms. The number of alkyl halides is 3. The third-order valence-corrected chi connectivity index (χ3v) is 3.80. The zero-order chi connectivity index (χ0) is 14.8. The monoisotopic (exact) mass is 284 g/mol. The predicted octanol–water partition coefficient (Wildman–Crippen LogP) is 3.75. The normalized spacial score (nSPS) is 17.9. The highest BCUT2D eigenvalue weighted by atomic mass is 19.4. The summed E-state index contributed by atoms with van der Waals surface area (Å²) in [6, 6.07) is 4.25. The Hall–Kier alpha value is -1.65. The summed E-state index contributed by atoms with van der Waals surface area (Å²) in [7, 11) is 0. The molecule has 0 heterocycles. The SMILES string of the molecule is O=CC(C(=O)C1CCCC1)c1ccc(C(F)(F)F)cc1. The molecule has 1 aliphatic rings. The Morgan fingerprint density at radius 1 is 1.15 bits per heavy atom. The van der Waals surface area contributed by atoms with Gasteiger partial charge in [-0.05, 0) is 30.5 Å². The quantitative estimate of drug-likeness (QED) is 0.623. The zero-order valence-corrected chi connectivity index (χ0v) is 10.8. The lowest BCUT2D eigenvalue weighted by molar-refractivity contribution is -0.137. The number of hydrogen-bond donors (Lipinski definition) is 0. The third-order valence-electron chi connectivity index (χ3n) is 3.80. The van der Waals surface area contributed by atoms with Crippen molar-refractivity contribution in [2.24, 2.45) is 5.92 Å². The van der Waals surface area contributed by atoms with Gasteiger partial charge in [0.1, 0.15) is 6.29 Å². The average Bonchev–Trinajstić information content (AvgIpc) is 2.93. The second-order valence-electron chi connectivity index (χ2n) is 5.12. The first kappa shape index (κ1) is 14.8. The number of halogens is 3. The molecule has 0 N–H and O–H groups in total. The summed E-state index contributed by atoms with van der Waals surface area (Å²) in [5.74, 6) is -1.25.